The second kappa shape index (κ2) is 8.03. The van der Waals surface area contributed by atoms with Crippen molar-refractivity contribution in [3.63, 3.8) is 0 Å². The lowest BCUT2D eigenvalue weighted by Gasteiger charge is -2.36. The van der Waals surface area contributed by atoms with E-state index in [0.717, 1.165) is 34.6 Å². The molecule has 1 aromatic heterocycles. The second-order valence-corrected chi connectivity index (χ2v) is 9.10. The highest BCUT2D eigenvalue weighted by molar-refractivity contribution is 6.30. The molecule has 1 aliphatic rings. The minimum Gasteiger partial charge on any atom is -0.349 e. The molecule has 0 radical (unpaired) electrons. The molecule has 0 saturated heterocycles. The number of aromatic nitrogens is 2. The summed E-state index contributed by atoms with van der Waals surface area (Å²) in [5, 5.41) is 8.64. The molecular weight excluding hydrogens is 382 g/mol. The molecule has 1 N–H and O–H groups in total. The number of amides is 1. The lowest BCUT2D eigenvalue weighted by molar-refractivity contribution is -0.121. The molecule has 0 fully saturated rings. The highest BCUT2D eigenvalue weighted by Gasteiger charge is 2.35. The van der Waals surface area contributed by atoms with Gasteiger partial charge in [-0.1, -0.05) is 67.9 Å². The topological polar surface area (TPSA) is 46.9 Å². The van der Waals surface area contributed by atoms with Gasteiger partial charge in [0.1, 0.15) is 0 Å². The van der Waals surface area contributed by atoms with E-state index in [1.807, 2.05) is 54.7 Å². The Morgan fingerprint density at radius 2 is 1.93 bits per heavy atom. The summed E-state index contributed by atoms with van der Waals surface area (Å²) in [6, 6.07) is 17.7. The van der Waals surface area contributed by atoms with Crippen LogP contribution in [0.1, 0.15) is 48.7 Å². The minimum absolute atomic E-state index is 0.0157. The number of benzene rings is 2. The maximum atomic E-state index is 12.7. The van der Waals surface area contributed by atoms with Gasteiger partial charge in [-0.3, -0.25) is 9.48 Å². The van der Waals surface area contributed by atoms with Gasteiger partial charge in [0.05, 0.1) is 25.2 Å². The fourth-order valence-corrected chi connectivity index (χ4v) is 4.41. The van der Waals surface area contributed by atoms with E-state index < -0.39 is 0 Å². The second-order valence-electron chi connectivity index (χ2n) is 8.66. The molecule has 0 unspecified atom stereocenters. The molecule has 1 aliphatic carbocycles. The van der Waals surface area contributed by atoms with Crippen LogP contribution in [0.3, 0.4) is 0 Å². The first-order valence-electron chi connectivity index (χ1n) is 10.0. The van der Waals surface area contributed by atoms with Gasteiger partial charge in [0, 0.05) is 16.3 Å². The molecule has 0 bridgehead atoms. The molecule has 1 amide bonds. The van der Waals surface area contributed by atoms with Crippen LogP contribution in [0.2, 0.25) is 5.02 Å². The van der Waals surface area contributed by atoms with Crippen LogP contribution >= 0.6 is 11.6 Å². The Morgan fingerprint density at radius 3 is 2.69 bits per heavy atom. The summed E-state index contributed by atoms with van der Waals surface area (Å²) in [7, 11) is 0. The highest BCUT2D eigenvalue weighted by Crippen LogP contribution is 2.40. The fourth-order valence-electron chi connectivity index (χ4n) is 4.20. The van der Waals surface area contributed by atoms with Crippen molar-refractivity contribution in [3.8, 4) is 0 Å². The Labute approximate surface area is 176 Å². The Kier molecular flexibility index (Phi) is 5.46. The largest absolute Gasteiger partial charge is 0.349 e. The summed E-state index contributed by atoms with van der Waals surface area (Å²) >= 11 is 6.14. The van der Waals surface area contributed by atoms with Gasteiger partial charge >= 0.3 is 0 Å². The van der Waals surface area contributed by atoms with E-state index in [1.165, 1.54) is 5.69 Å². The summed E-state index contributed by atoms with van der Waals surface area (Å²) < 4.78 is 2.05. The number of hydrogen-bond donors (Lipinski definition) is 1. The molecule has 1 heterocycles. The Morgan fingerprint density at radius 1 is 1.17 bits per heavy atom. The Hall–Kier alpha value is -2.59. The summed E-state index contributed by atoms with van der Waals surface area (Å²) in [5.41, 5.74) is 4.57. The predicted octanol–water partition coefficient (Wildman–Crippen LogP) is 4.96. The maximum Gasteiger partial charge on any atom is 0.224 e. The van der Waals surface area contributed by atoms with Gasteiger partial charge in [-0.15, -0.1) is 0 Å². The average molecular weight is 408 g/mol. The van der Waals surface area contributed by atoms with Gasteiger partial charge in [-0.2, -0.15) is 5.10 Å². The summed E-state index contributed by atoms with van der Waals surface area (Å²) in [6.45, 7) is 5.18. The third-order valence-electron chi connectivity index (χ3n) is 5.52. The third kappa shape index (κ3) is 4.70. The SMILES string of the molecule is CC1(C)Cc2c(cnn2Cc2cccc(Cl)c2)[C@H](NC(=O)Cc2ccccc2)C1. The zero-order valence-electron chi connectivity index (χ0n) is 16.9. The van der Waals surface area contributed by atoms with Gasteiger partial charge in [0.15, 0.2) is 0 Å². The van der Waals surface area contributed by atoms with Crippen molar-refractivity contribution >= 4 is 17.5 Å². The maximum absolute atomic E-state index is 12.7. The van der Waals surface area contributed by atoms with Crippen LogP contribution in [0, 0.1) is 5.41 Å². The smallest absolute Gasteiger partial charge is 0.224 e. The molecule has 4 rings (SSSR count). The van der Waals surface area contributed by atoms with E-state index in [0.29, 0.717) is 13.0 Å². The molecule has 0 spiro atoms. The van der Waals surface area contributed by atoms with E-state index in [4.69, 9.17) is 11.6 Å². The highest BCUT2D eigenvalue weighted by atomic mass is 35.5. The standard InChI is InChI=1S/C24H26ClN3O/c1-24(2)13-21(27-23(29)12-17-7-4-3-5-8-17)20-15-26-28(22(20)14-24)16-18-9-6-10-19(25)11-18/h3-11,15,21H,12-14,16H2,1-2H3,(H,27,29)/t21-/m1/s1. The molecule has 3 aromatic rings. The van der Waals surface area contributed by atoms with Crippen molar-refractivity contribution in [1.82, 2.24) is 15.1 Å². The van der Waals surface area contributed by atoms with Crippen molar-refractivity contribution in [3.05, 3.63) is 88.2 Å². The van der Waals surface area contributed by atoms with E-state index >= 15 is 0 Å². The van der Waals surface area contributed by atoms with Crippen LogP contribution in [-0.4, -0.2) is 15.7 Å². The Balaban J connectivity index is 1.55. The molecule has 1 atom stereocenters. The zero-order valence-corrected chi connectivity index (χ0v) is 17.6. The normalized spacial score (nSPS) is 17.6. The first kappa shape index (κ1) is 19.7. The third-order valence-corrected chi connectivity index (χ3v) is 5.76. The van der Waals surface area contributed by atoms with E-state index in [-0.39, 0.29) is 17.4 Å². The number of fused-ring (bicyclic) bond motifs is 1. The number of hydrogen-bond acceptors (Lipinski definition) is 2. The minimum atomic E-state index is -0.0157. The quantitative estimate of drug-likeness (QED) is 0.649. The molecule has 150 valence electrons. The molecular formula is C24H26ClN3O. The van der Waals surface area contributed by atoms with Crippen molar-refractivity contribution < 1.29 is 4.79 Å². The van der Waals surface area contributed by atoms with Crippen LogP contribution in [0.5, 0.6) is 0 Å². The number of rotatable bonds is 5. The van der Waals surface area contributed by atoms with E-state index in [1.54, 1.807) is 0 Å². The average Bonchev–Trinajstić information content (AvgIpc) is 3.04. The van der Waals surface area contributed by atoms with Crippen LogP contribution in [-0.2, 0) is 24.2 Å². The van der Waals surface area contributed by atoms with Crippen molar-refractivity contribution in [2.45, 2.75) is 45.7 Å². The predicted molar refractivity (Wildman–Crippen MR) is 116 cm³/mol. The molecule has 0 aliphatic heterocycles. The lowest BCUT2D eigenvalue weighted by Crippen LogP contribution is -2.37. The van der Waals surface area contributed by atoms with Crippen molar-refractivity contribution in [2.24, 2.45) is 5.41 Å². The van der Waals surface area contributed by atoms with Gasteiger partial charge in [-0.25, -0.2) is 0 Å². The lowest BCUT2D eigenvalue weighted by atomic mass is 9.74. The first-order valence-corrected chi connectivity index (χ1v) is 10.4. The first-order chi connectivity index (χ1) is 13.9. The summed E-state index contributed by atoms with van der Waals surface area (Å²) in [6.07, 6.45) is 4.16. The monoisotopic (exact) mass is 407 g/mol. The van der Waals surface area contributed by atoms with Crippen LogP contribution < -0.4 is 5.32 Å². The zero-order chi connectivity index (χ0) is 20.4. The molecule has 29 heavy (non-hydrogen) atoms. The summed E-state index contributed by atoms with van der Waals surface area (Å²) in [5.74, 6) is 0.0486. The van der Waals surface area contributed by atoms with Crippen LogP contribution in [0.25, 0.3) is 0 Å². The van der Waals surface area contributed by atoms with Crippen LogP contribution in [0.4, 0.5) is 0 Å². The molecule has 5 heteroatoms. The van der Waals surface area contributed by atoms with Gasteiger partial charge in [0.25, 0.3) is 0 Å². The molecule has 2 aromatic carbocycles. The summed E-state index contributed by atoms with van der Waals surface area (Å²) in [4.78, 5) is 12.7. The number of nitrogens with one attached hydrogen (secondary N) is 1. The Bertz CT molecular complexity index is 1010. The van der Waals surface area contributed by atoms with Gasteiger partial charge in [0.2, 0.25) is 5.91 Å². The van der Waals surface area contributed by atoms with Crippen LogP contribution in [0.15, 0.2) is 60.8 Å². The van der Waals surface area contributed by atoms with Crippen molar-refractivity contribution in [1.29, 1.82) is 0 Å². The van der Waals surface area contributed by atoms with Gasteiger partial charge in [-0.05, 0) is 41.5 Å². The number of carbonyl (C=O) groups excluding carboxylic acids is 1. The molecule has 4 nitrogen and oxygen atoms in total. The number of carbonyl (C=O) groups is 1. The van der Waals surface area contributed by atoms with E-state index in [2.05, 4.69) is 35.0 Å². The van der Waals surface area contributed by atoms with E-state index in [9.17, 15) is 4.79 Å². The van der Waals surface area contributed by atoms with Crippen molar-refractivity contribution in [2.75, 3.05) is 0 Å². The number of nitrogens with zero attached hydrogens (tertiary/aromatic N) is 2. The fraction of sp³-hybridized carbons (Fsp3) is 0.333. The number of halogens is 1. The molecule has 0 saturated carbocycles. The van der Waals surface area contributed by atoms with Gasteiger partial charge < -0.3 is 5.32 Å².